The van der Waals surface area contributed by atoms with Crippen molar-refractivity contribution in [2.45, 2.75) is 35.8 Å². The molecule has 0 spiro atoms. The molecule has 1 aromatic heterocycles. The normalized spacial score (nSPS) is 20.2. The van der Waals surface area contributed by atoms with E-state index in [0.29, 0.717) is 30.5 Å². The van der Waals surface area contributed by atoms with E-state index in [1.165, 1.54) is 0 Å². The summed E-state index contributed by atoms with van der Waals surface area (Å²) < 4.78 is 5.59. The Morgan fingerprint density at radius 2 is 1.91 bits per heavy atom. The minimum absolute atomic E-state index is 0.0215. The van der Waals surface area contributed by atoms with E-state index in [1.54, 1.807) is 18.2 Å². The van der Waals surface area contributed by atoms with E-state index in [1.807, 2.05) is 40.7 Å². The van der Waals surface area contributed by atoms with Gasteiger partial charge in [-0.2, -0.15) is 0 Å². The number of likely N-dealkylation sites (tertiary alicyclic amines) is 1. The summed E-state index contributed by atoms with van der Waals surface area (Å²) >= 11 is 24.1. The summed E-state index contributed by atoms with van der Waals surface area (Å²) in [6.07, 6.45) is -0.0710. The summed E-state index contributed by atoms with van der Waals surface area (Å²) in [6, 6.07) is 12.7. The number of hydrogen-bond acceptors (Lipinski definition) is 4. The zero-order valence-corrected chi connectivity index (χ0v) is 21.6. The lowest BCUT2D eigenvalue weighted by molar-refractivity contribution is -0.123. The van der Waals surface area contributed by atoms with Crippen LogP contribution in [0.4, 0.5) is 0 Å². The van der Waals surface area contributed by atoms with Gasteiger partial charge in [0, 0.05) is 37.3 Å². The lowest BCUT2D eigenvalue weighted by Crippen LogP contribution is -2.60. The van der Waals surface area contributed by atoms with Crippen LogP contribution in [0.25, 0.3) is 0 Å². The van der Waals surface area contributed by atoms with Crippen LogP contribution in [0.3, 0.4) is 0 Å². The predicted molar refractivity (Wildman–Crippen MR) is 138 cm³/mol. The van der Waals surface area contributed by atoms with Crippen LogP contribution in [0.5, 0.6) is 5.75 Å². The molecule has 1 amide bonds. The maximum Gasteiger partial charge on any atom is 0.259 e. The van der Waals surface area contributed by atoms with E-state index in [-0.39, 0.29) is 24.0 Å². The van der Waals surface area contributed by atoms with Crippen LogP contribution in [0.15, 0.2) is 47.3 Å². The molecule has 34 heavy (non-hydrogen) atoms. The van der Waals surface area contributed by atoms with Gasteiger partial charge in [-0.15, -0.1) is 0 Å². The lowest BCUT2D eigenvalue weighted by atomic mass is 9.83. The molecular formula is C23H25Cl3N4O3S. The zero-order chi connectivity index (χ0) is 24.5. The van der Waals surface area contributed by atoms with Gasteiger partial charge in [0.2, 0.25) is 3.79 Å². The van der Waals surface area contributed by atoms with E-state index in [4.69, 9.17) is 51.8 Å². The number of alkyl halides is 3. The third-order valence-corrected chi connectivity index (χ3v) is 7.15. The third kappa shape index (κ3) is 5.79. The van der Waals surface area contributed by atoms with Gasteiger partial charge in [0.05, 0.1) is 0 Å². The van der Waals surface area contributed by atoms with Crippen molar-refractivity contribution in [3.05, 3.63) is 64.1 Å². The molecule has 4 rings (SSSR count). The van der Waals surface area contributed by atoms with Crippen LogP contribution in [0.2, 0.25) is 0 Å². The molecule has 7 nitrogen and oxygen atoms in total. The molecule has 2 bridgehead atoms. The van der Waals surface area contributed by atoms with Crippen LogP contribution in [-0.2, 0) is 11.3 Å². The second-order valence-electron chi connectivity index (χ2n) is 8.65. The average Bonchev–Trinajstić information content (AvgIpc) is 2.78. The van der Waals surface area contributed by atoms with Crippen molar-refractivity contribution in [3.8, 4) is 5.75 Å². The standard InChI is InChI=1S/C23H25Cl3N4O3S/c1-14-5-2-3-7-18(14)33-13-19(31)27-21(23(24,25)26)28-22(34)29-10-15-9-16(12-29)17-6-4-8-20(32)30(17)11-15/h2-8,15-16,21H,9-13H2,1H3,(H,27,31)(H,28,34)/t15-,16-,21?/m0/s1. The second kappa shape index (κ2) is 10.3. The summed E-state index contributed by atoms with van der Waals surface area (Å²) in [5.74, 6) is 0.586. The number of nitrogens with zero attached hydrogens (tertiary/aromatic N) is 2. The number of fused-ring (bicyclic) bond motifs is 4. The highest BCUT2D eigenvalue weighted by Gasteiger charge is 2.38. The quantitative estimate of drug-likeness (QED) is 0.342. The van der Waals surface area contributed by atoms with Crippen molar-refractivity contribution in [2.24, 2.45) is 5.92 Å². The molecule has 1 fully saturated rings. The third-order valence-electron chi connectivity index (χ3n) is 6.12. The molecule has 2 aromatic rings. The maximum atomic E-state index is 12.5. The van der Waals surface area contributed by atoms with E-state index in [2.05, 4.69) is 10.6 Å². The van der Waals surface area contributed by atoms with Crippen molar-refractivity contribution >= 4 is 58.0 Å². The van der Waals surface area contributed by atoms with Crippen LogP contribution in [0.1, 0.15) is 23.6 Å². The zero-order valence-electron chi connectivity index (χ0n) is 18.5. The number of halogens is 3. The molecule has 2 N–H and O–H groups in total. The van der Waals surface area contributed by atoms with Gasteiger partial charge in [-0.05, 0) is 49.2 Å². The molecule has 3 heterocycles. The van der Waals surface area contributed by atoms with Crippen molar-refractivity contribution < 1.29 is 9.53 Å². The highest BCUT2D eigenvalue weighted by atomic mass is 35.6. The van der Waals surface area contributed by atoms with Gasteiger partial charge in [-0.1, -0.05) is 59.1 Å². The van der Waals surface area contributed by atoms with Gasteiger partial charge in [-0.25, -0.2) is 0 Å². The first kappa shape index (κ1) is 25.1. The fourth-order valence-corrected chi connectivity index (χ4v) is 5.14. The second-order valence-corrected chi connectivity index (χ2v) is 11.4. The summed E-state index contributed by atoms with van der Waals surface area (Å²) in [4.78, 5) is 26.8. The van der Waals surface area contributed by atoms with Gasteiger partial charge in [0.1, 0.15) is 11.9 Å². The number of carbonyl (C=O) groups excluding carboxylic acids is 1. The largest absolute Gasteiger partial charge is 0.484 e. The van der Waals surface area contributed by atoms with Crippen LogP contribution >= 0.6 is 47.0 Å². The minimum atomic E-state index is -1.85. The Morgan fingerprint density at radius 3 is 2.65 bits per heavy atom. The Bertz CT molecular complexity index is 1140. The first-order valence-electron chi connectivity index (χ1n) is 10.9. The van der Waals surface area contributed by atoms with E-state index in [9.17, 15) is 9.59 Å². The molecule has 2 aliphatic heterocycles. The molecule has 1 saturated heterocycles. The number of thiocarbonyl (C=S) groups is 1. The average molecular weight is 544 g/mol. The molecule has 3 atom stereocenters. The smallest absolute Gasteiger partial charge is 0.259 e. The monoisotopic (exact) mass is 542 g/mol. The van der Waals surface area contributed by atoms with Gasteiger partial charge >= 0.3 is 0 Å². The Hall–Kier alpha value is -2.00. The van der Waals surface area contributed by atoms with Gasteiger partial charge < -0.3 is 24.8 Å². The number of pyridine rings is 1. The van der Waals surface area contributed by atoms with E-state index < -0.39 is 15.9 Å². The van der Waals surface area contributed by atoms with Crippen LogP contribution < -0.4 is 20.9 Å². The Balaban J connectivity index is 1.39. The highest BCUT2D eigenvalue weighted by molar-refractivity contribution is 7.80. The summed E-state index contributed by atoms with van der Waals surface area (Å²) in [5, 5.41) is 6.03. The molecule has 11 heteroatoms. The molecular weight excluding hydrogens is 519 g/mol. The Morgan fingerprint density at radius 1 is 1.15 bits per heavy atom. The molecule has 1 aromatic carbocycles. The lowest BCUT2D eigenvalue weighted by Gasteiger charge is -2.44. The Kier molecular flexibility index (Phi) is 7.62. The summed E-state index contributed by atoms with van der Waals surface area (Å²) in [5.41, 5.74) is 1.94. The molecule has 0 aliphatic carbocycles. The number of hydrogen-bond donors (Lipinski definition) is 2. The fraction of sp³-hybridized carbons (Fsp3) is 0.435. The summed E-state index contributed by atoms with van der Waals surface area (Å²) in [7, 11) is 0. The highest BCUT2D eigenvalue weighted by Crippen LogP contribution is 2.35. The molecule has 1 unspecified atom stereocenters. The molecule has 2 aliphatic rings. The number of piperidine rings is 1. The number of nitrogens with one attached hydrogen (secondary N) is 2. The number of carbonyl (C=O) groups is 1. The van der Waals surface area contributed by atoms with Gasteiger partial charge in [0.25, 0.3) is 11.5 Å². The van der Waals surface area contributed by atoms with Crippen molar-refractivity contribution in [1.29, 1.82) is 0 Å². The number of aryl methyl sites for hydroxylation is 1. The number of rotatable bonds is 5. The molecule has 0 radical (unpaired) electrons. The van der Waals surface area contributed by atoms with Crippen LogP contribution in [-0.4, -0.2) is 50.1 Å². The Labute approximate surface area is 218 Å². The fourth-order valence-electron chi connectivity index (χ4n) is 4.54. The topological polar surface area (TPSA) is 75.6 Å². The minimum Gasteiger partial charge on any atom is -0.484 e. The van der Waals surface area contributed by atoms with E-state index in [0.717, 1.165) is 17.7 Å². The number of aromatic nitrogens is 1. The van der Waals surface area contributed by atoms with Gasteiger partial charge in [-0.3, -0.25) is 9.59 Å². The van der Waals surface area contributed by atoms with Crippen LogP contribution in [0, 0.1) is 12.8 Å². The van der Waals surface area contributed by atoms with Crippen molar-refractivity contribution in [1.82, 2.24) is 20.1 Å². The molecule has 0 saturated carbocycles. The van der Waals surface area contributed by atoms with Gasteiger partial charge in [0.15, 0.2) is 11.7 Å². The maximum absolute atomic E-state index is 12.5. The number of ether oxygens (including phenoxy) is 1. The predicted octanol–water partition coefficient (Wildman–Crippen LogP) is 3.34. The number of para-hydroxylation sites is 1. The summed E-state index contributed by atoms with van der Waals surface area (Å²) in [6.45, 7) is 3.59. The van der Waals surface area contributed by atoms with E-state index >= 15 is 0 Å². The number of amides is 1. The first-order chi connectivity index (χ1) is 16.1. The first-order valence-corrected chi connectivity index (χ1v) is 12.5. The number of benzene rings is 1. The van der Waals surface area contributed by atoms with Crippen molar-refractivity contribution in [3.63, 3.8) is 0 Å². The molecule has 182 valence electrons. The SMILES string of the molecule is Cc1ccccc1OCC(=O)NC(NC(=S)N1C[C@@H]2C[C@@H](C1)c1cccc(=O)n1C2)C(Cl)(Cl)Cl. The van der Waals surface area contributed by atoms with Crippen molar-refractivity contribution in [2.75, 3.05) is 19.7 Å².